The minimum Gasteiger partial charge on any atom is -0.493 e. The summed E-state index contributed by atoms with van der Waals surface area (Å²) in [5, 5.41) is 7.07. The number of hydrogen-bond acceptors (Lipinski definition) is 3. The minimum atomic E-state index is 0.101. The van der Waals surface area contributed by atoms with Crippen molar-refractivity contribution in [2.75, 3.05) is 19.5 Å². The highest BCUT2D eigenvalue weighted by Crippen LogP contribution is 2.30. The molecule has 0 heterocycles. The van der Waals surface area contributed by atoms with Crippen molar-refractivity contribution in [3.8, 4) is 11.5 Å². The maximum Gasteiger partial charge on any atom is 0.171 e. The van der Waals surface area contributed by atoms with E-state index in [1.54, 1.807) is 14.2 Å². The lowest BCUT2D eigenvalue weighted by atomic mass is 9.86. The number of thiocarbonyl (C=S) groups is 1. The number of anilines is 1. The van der Waals surface area contributed by atoms with Crippen molar-refractivity contribution in [3.63, 3.8) is 0 Å². The molecule has 2 N–H and O–H groups in total. The van der Waals surface area contributed by atoms with Crippen LogP contribution in [0.4, 0.5) is 5.69 Å². The molecule has 0 saturated heterocycles. The van der Waals surface area contributed by atoms with E-state index in [1.165, 1.54) is 11.1 Å². The van der Waals surface area contributed by atoms with Gasteiger partial charge in [-0.15, -0.1) is 0 Å². The molecule has 4 nitrogen and oxygen atoms in total. The fourth-order valence-electron chi connectivity index (χ4n) is 2.63. The Hall–Kier alpha value is -2.27. The van der Waals surface area contributed by atoms with E-state index in [4.69, 9.17) is 21.7 Å². The lowest BCUT2D eigenvalue weighted by molar-refractivity contribution is 0.355. The number of ether oxygens (including phenoxy) is 2. The predicted octanol–water partition coefficient (Wildman–Crippen LogP) is 5.05. The maximum atomic E-state index is 5.44. The normalized spacial score (nSPS) is 12.2. The Morgan fingerprint density at radius 2 is 1.58 bits per heavy atom. The summed E-state index contributed by atoms with van der Waals surface area (Å²) in [6.07, 6.45) is 0. The Morgan fingerprint density at radius 1 is 0.962 bits per heavy atom. The topological polar surface area (TPSA) is 42.5 Å². The highest BCUT2D eigenvalue weighted by molar-refractivity contribution is 7.80. The SMILES string of the molecule is COc1ccc(NC(=S)N[C@@H](C)c2ccc(C(C)(C)C)cc2)cc1OC. The average Bonchev–Trinajstić information content (AvgIpc) is 2.60. The summed E-state index contributed by atoms with van der Waals surface area (Å²) in [6, 6.07) is 14.4. The number of hydrogen-bond donors (Lipinski definition) is 2. The number of rotatable bonds is 5. The molecule has 26 heavy (non-hydrogen) atoms. The van der Waals surface area contributed by atoms with Gasteiger partial charge in [-0.1, -0.05) is 45.0 Å². The quantitative estimate of drug-likeness (QED) is 0.719. The second kappa shape index (κ2) is 8.41. The zero-order valence-corrected chi connectivity index (χ0v) is 17.2. The third kappa shape index (κ3) is 5.11. The molecule has 0 aliphatic heterocycles. The molecular formula is C21H28N2O2S. The molecule has 0 spiro atoms. The van der Waals surface area contributed by atoms with Crippen molar-refractivity contribution in [2.45, 2.75) is 39.2 Å². The first-order chi connectivity index (χ1) is 12.2. The van der Waals surface area contributed by atoms with Crippen LogP contribution in [0, 0.1) is 0 Å². The molecule has 0 radical (unpaired) electrons. The van der Waals surface area contributed by atoms with E-state index in [1.807, 2.05) is 18.2 Å². The molecule has 1 atom stereocenters. The molecular weight excluding hydrogens is 344 g/mol. The van der Waals surface area contributed by atoms with Crippen LogP contribution in [-0.2, 0) is 5.41 Å². The minimum absolute atomic E-state index is 0.101. The Balaban J connectivity index is 2.01. The monoisotopic (exact) mass is 372 g/mol. The molecule has 0 saturated carbocycles. The van der Waals surface area contributed by atoms with E-state index >= 15 is 0 Å². The van der Waals surface area contributed by atoms with Crippen LogP contribution in [0.5, 0.6) is 11.5 Å². The zero-order chi connectivity index (χ0) is 19.3. The van der Waals surface area contributed by atoms with Gasteiger partial charge in [0.05, 0.1) is 20.3 Å². The predicted molar refractivity (Wildman–Crippen MR) is 112 cm³/mol. The van der Waals surface area contributed by atoms with E-state index in [0.29, 0.717) is 16.6 Å². The van der Waals surface area contributed by atoms with E-state index < -0.39 is 0 Å². The molecule has 0 amide bonds. The summed E-state index contributed by atoms with van der Waals surface area (Å²) in [6.45, 7) is 8.73. The Kier molecular flexibility index (Phi) is 6.48. The van der Waals surface area contributed by atoms with Gasteiger partial charge in [0.15, 0.2) is 16.6 Å². The second-order valence-corrected chi connectivity index (χ2v) is 7.67. The third-order valence-electron chi connectivity index (χ3n) is 4.27. The van der Waals surface area contributed by atoms with Crippen LogP contribution >= 0.6 is 12.2 Å². The largest absolute Gasteiger partial charge is 0.493 e. The summed E-state index contributed by atoms with van der Waals surface area (Å²) < 4.78 is 10.6. The van der Waals surface area contributed by atoms with E-state index in [0.717, 1.165) is 5.69 Å². The van der Waals surface area contributed by atoms with Gasteiger partial charge in [-0.05, 0) is 47.8 Å². The number of methoxy groups -OCH3 is 2. The molecule has 2 rings (SSSR count). The van der Waals surface area contributed by atoms with Crippen molar-refractivity contribution < 1.29 is 9.47 Å². The van der Waals surface area contributed by atoms with Gasteiger partial charge in [0.25, 0.3) is 0 Å². The standard InChI is InChI=1S/C21H28N2O2S/c1-14(15-7-9-16(10-8-15)21(2,3)4)22-20(26)23-17-11-12-18(24-5)19(13-17)25-6/h7-14H,1-6H3,(H2,22,23,26)/t14-/m0/s1. The number of nitrogens with one attached hydrogen (secondary N) is 2. The first-order valence-electron chi connectivity index (χ1n) is 8.64. The van der Waals surface area contributed by atoms with Crippen molar-refractivity contribution in [3.05, 3.63) is 53.6 Å². The van der Waals surface area contributed by atoms with E-state index in [-0.39, 0.29) is 11.5 Å². The molecule has 0 aromatic heterocycles. The lowest BCUT2D eigenvalue weighted by Crippen LogP contribution is -2.30. The van der Waals surface area contributed by atoms with Crippen molar-refractivity contribution in [1.29, 1.82) is 0 Å². The van der Waals surface area contributed by atoms with Crippen LogP contribution in [-0.4, -0.2) is 19.3 Å². The summed E-state index contributed by atoms with van der Waals surface area (Å²) in [4.78, 5) is 0. The first kappa shape index (κ1) is 20.0. The molecule has 0 aliphatic rings. The molecule has 0 aliphatic carbocycles. The van der Waals surface area contributed by atoms with E-state index in [9.17, 15) is 0 Å². The van der Waals surface area contributed by atoms with Crippen LogP contribution in [0.3, 0.4) is 0 Å². The van der Waals surface area contributed by atoms with Crippen molar-refractivity contribution in [2.24, 2.45) is 0 Å². The Labute approximate surface area is 161 Å². The van der Waals surface area contributed by atoms with Crippen LogP contribution in [0.15, 0.2) is 42.5 Å². The molecule has 2 aromatic rings. The molecule has 0 fully saturated rings. The van der Waals surface area contributed by atoms with E-state index in [2.05, 4.69) is 62.6 Å². The fraction of sp³-hybridized carbons (Fsp3) is 0.381. The van der Waals surface area contributed by atoms with Crippen molar-refractivity contribution in [1.82, 2.24) is 5.32 Å². The zero-order valence-electron chi connectivity index (χ0n) is 16.3. The van der Waals surface area contributed by atoms with Gasteiger partial charge in [-0.3, -0.25) is 0 Å². The highest BCUT2D eigenvalue weighted by atomic mass is 32.1. The van der Waals surface area contributed by atoms with Gasteiger partial charge in [-0.2, -0.15) is 0 Å². The number of benzene rings is 2. The van der Waals surface area contributed by atoms with Gasteiger partial charge in [0, 0.05) is 11.8 Å². The van der Waals surface area contributed by atoms with Crippen LogP contribution in [0.1, 0.15) is 44.9 Å². The van der Waals surface area contributed by atoms with Gasteiger partial charge in [0.1, 0.15) is 0 Å². The summed E-state index contributed by atoms with van der Waals surface area (Å²) in [5.74, 6) is 1.34. The molecule has 0 bridgehead atoms. The van der Waals surface area contributed by atoms with Gasteiger partial charge < -0.3 is 20.1 Å². The summed E-state index contributed by atoms with van der Waals surface area (Å²) in [7, 11) is 3.23. The van der Waals surface area contributed by atoms with Crippen LogP contribution in [0.2, 0.25) is 0 Å². The maximum absolute atomic E-state index is 5.44. The van der Waals surface area contributed by atoms with Crippen LogP contribution < -0.4 is 20.1 Å². The molecule has 0 unspecified atom stereocenters. The Morgan fingerprint density at radius 3 is 2.12 bits per heavy atom. The fourth-order valence-corrected chi connectivity index (χ4v) is 2.93. The van der Waals surface area contributed by atoms with Gasteiger partial charge in [-0.25, -0.2) is 0 Å². The average molecular weight is 373 g/mol. The summed E-state index contributed by atoms with van der Waals surface area (Å²) >= 11 is 5.44. The lowest BCUT2D eigenvalue weighted by Gasteiger charge is -2.21. The van der Waals surface area contributed by atoms with Gasteiger partial charge in [0.2, 0.25) is 0 Å². The van der Waals surface area contributed by atoms with Crippen molar-refractivity contribution >= 4 is 23.0 Å². The first-order valence-corrected chi connectivity index (χ1v) is 9.05. The highest BCUT2D eigenvalue weighted by Gasteiger charge is 2.14. The summed E-state index contributed by atoms with van der Waals surface area (Å²) in [5.41, 5.74) is 3.50. The molecule has 140 valence electrons. The van der Waals surface area contributed by atoms with Gasteiger partial charge >= 0.3 is 0 Å². The molecule has 2 aromatic carbocycles. The Bertz CT molecular complexity index is 752. The third-order valence-corrected chi connectivity index (χ3v) is 4.49. The van der Waals surface area contributed by atoms with Crippen LogP contribution in [0.25, 0.3) is 0 Å². The second-order valence-electron chi connectivity index (χ2n) is 7.26. The smallest absolute Gasteiger partial charge is 0.171 e. The molecule has 5 heteroatoms.